The monoisotopic (exact) mass is 334 g/mol. The number of nitrogens with zero attached hydrogens (tertiary/aromatic N) is 3. The molecule has 2 rings (SSSR count). The molecule has 0 aromatic carbocycles. The Kier molecular flexibility index (Phi) is 6.99. The number of rotatable bonds is 6. The highest BCUT2D eigenvalue weighted by atomic mass is 16.6. The lowest BCUT2D eigenvalue weighted by Crippen LogP contribution is -2.48. The van der Waals surface area contributed by atoms with Crippen LogP contribution in [0.4, 0.5) is 4.79 Å². The topological polar surface area (TPSA) is 74.8 Å². The van der Waals surface area contributed by atoms with Gasteiger partial charge in [0.25, 0.3) is 0 Å². The van der Waals surface area contributed by atoms with E-state index in [1.807, 2.05) is 12.1 Å². The van der Waals surface area contributed by atoms with E-state index in [4.69, 9.17) is 4.74 Å². The SMILES string of the molecule is CCOC(=O)N(C)C1CCN(CC(=O)NCc2cccnc2)CC1. The fourth-order valence-electron chi connectivity index (χ4n) is 2.80. The van der Waals surface area contributed by atoms with Gasteiger partial charge < -0.3 is 15.0 Å². The van der Waals surface area contributed by atoms with Crippen molar-refractivity contribution in [2.24, 2.45) is 0 Å². The Labute approximate surface area is 143 Å². The van der Waals surface area contributed by atoms with Crippen molar-refractivity contribution in [3.63, 3.8) is 0 Å². The first-order chi connectivity index (χ1) is 11.6. The second-order valence-electron chi connectivity index (χ2n) is 5.96. The van der Waals surface area contributed by atoms with E-state index in [0.29, 0.717) is 19.7 Å². The minimum Gasteiger partial charge on any atom is -0.450 e. The molecule has 0 saturated carbocycles. The predicted octanol–water partition coefficient (Wildman–Crippen LogP) is 1.25. The number of nitrogens with one attached hydrogen (secondary N) is 1. The zero-order valence-electron chi connectivity index (χ0n) is 14.4. The van der Waals surface area contributed by atoms with Gasteiger partial charge in [-0.3, -0.25) is 14.7 Å². The smallest absolute Gasteiger partial charge is 0.409 e. The maximum atomic E-state index is 12.0. The molecule has 1 N–H and O–H groups in total. The predicted molar refractivity (Wildman–Crippen MR) is 90.3 cm³/mol. The third-order valence-corrected chi connectivity index (χ3v) is 4.24. The van der Waals surface area contributed by atoms with Crippen LogP contribution < -0.4 is 5.32 Å². The molecule has 7 nitrogen and oxygen atoms in total. The number of ether oxygens (including phenoxy) is 1. The molecular weight excluding hydrogens is 308 g/mol. The largest absolute Gasteiger partial charge is 0.450 e. The van der Waals surface area contributed by atoms with Crippen LogP contribution in [0.15, 0.2) is 24.5 Å². The molecule has 0 unspecified atom stereocenters. The van der Waals surface area contributed by atoms with Crippen LogP contribution in [0.2, 0.25) is 0 Å². The second-order valence-corrected chi connectivity index (χ2v) is 5.96. The van der Waals surface area contributed by atoms with Gasteiger partial charge in [0, 0.05) is 45.1 Å². The zero-order chi connectivity index (χ0) is 17.4. The summed E-state index contributed by atoms with van der Waals surface area (Å²) >= 11 is 0. The standard InChI is InChI=1S/C17H26N4O3/c1-3-24-17(23)20(2)15-6-9-21(10-7-15)13-16(22)19-12-14-5-4-8-18-11-14/h4-5,8,11,15H,3,6-7,9-10,12-13H2,1-2H3,(H,19,22). The van der Waals surface area contributed by atoms with Crippen LogP contribution in [-0.2, 0) is 16.1 Å². The summed E-state index contributed by atoms with van der Waals surface area (Å²) in [5, 5.41) is 2.91. The third-order valence-electron chi connectivity index (χ3n) is 4.24. The molecule has 1 aromatic rings. The van der Waals surface area contributed by atoms with Crippen molar-refractivity contribution in [3.8, 4) is 0 Å². The molecule has 1 saturated heterocycles. The van der Waals surface area contributed by atoms with Gasteiger partial charge in [-0.2, -0.15) is 0 Å². The Morgan fingerprint density at radius 1 is 1.42 bits per heavy atom. The van der Waals surface area contributed by atoms with Crippen molar-refractivity contribution in [1.29, 1.82) is 0 Å². The lowest BCUT2D eigenvalue weighted by atomic mass is 10.0. The number of hydrogen-bond donors (Lipinski definition) is 1. The van der Waals surface area contributed by atoms with Crippen LogP contribution in [0, 0.1) is 0 Å². The van der Waals surface area contributed by atoms with E-state index in [2.05, 4.69) is 15.2 Å². The third kappa shape index (κ3) is 5.49. The fourth-order valence-corrected chi connectivity index (χ4v) is 2.80. The van der Waals surface area contributed by atoms with Gasteiger partial charge in [0.2, 0.25) is 5.91 Å². The van der Waals surface area contributed by atoms with Gasteiger partial charge in [-0.05, 0) is 31.4 Å². The highest BCUT2D eigenvalue weighted by molar-refractivity contribution is 5.78. The average molecular weight is 334 g/mol. The number of amides is 2. The molecule has 7 heteroatoms. The van der Waals surface area contributed by atoms with Gasteiger partial charge in [0.1, 0.15) is 0 Å². The molecule has 0 spiro atoms. The molecule has 2 amide bonds. The number of hydrogen-bond acceptors (Lipinski definition) is 5. The summed E-state index contributed by atoms with van der Waals surface area (Å²) in [7, 11) is 1.78. The summed E-state index contributed by atoms with van der Waals surface area (Å²) < 4.78 is 5.03. The maximum absolute atomic E-state index is 12.0. The lowest BCUT2D eigenvalue weighted by molar-refractivity contribution is -0.122. The molecule has 132 valence electrons. The minimum absolute atomic E-state index is 0.0102. The summed E-state index contributed by atoms with van der Waals surface area (Å²) in [6.07, 6.45) is 4.89. The van der Waals surface area contributed by atoms with Crippen molar-refractivity contribution in [1.82, 2.24) is 20.1 Å². The Hall–Kier alpha value is -2.15. The van der Waals surface area contributed by atoms with Crippen molar-refractivity contribution in [2.45, 2.75) is 32.4 Å². The van der Waals surface area contributed by atoms with Crippen LogP contribution in [0.5, 0.6) is 0 Å². The van der Waals surface area contributed by atoms with Crippen molar-refractivity contribution in [2.75, 3.05) is 33.3 Å². The Morgan fingerprint density at radius 3 is 2.79 bits per heavy atom. The summed E-state index contributed by atoms with van der Waals surface area (Å²) in [5.41, 5.74) is 0.987. The molecule has 1 fully saturated rings. The molecule has 2 heterocycles. The van der Waals surface area contributed by atoms with Crippen LogP contribution in [0.3, 0.4) is 0 Å². The van der Waals surface area contributed by atoms with Gasteiger partial charge in [-0.1, -0.05) is 6.07 Å². The van der Waals surface area contributed by atoms with E-state index >= 15 is 0 Å². The summed E-state index contributed by atoms with van der Waals surface area (Å²) in [6, 6.07) is 3.97. The Morgan fingerprint density at radius 2 is 2.17 bits per heavy atom. The number of carbonyl (C=O) groups excluding carboxylic acids is 2. The number of carbonyl (C=O) groups is 2. The van der Waals surface area contributed by atoms with Gasteiger partial charge in [0.05, 0.1) is 13.2 Å². The first kappa shape index (κ1) is 18.2. The first-order valence-electron chi connectivity index (χ1n) is 8.37. The molecule has 0 radical (unpaired) electrons. The van der Waals surface area contributed by atoms with E-state index in [1.54, 1.807) is 31.3 Å². The number of aromatic nitrogens is 1. The van der Waals surface area contributed by atoms with Gasteiger partial charge in [-0.25, -0.2) is 4.79 Å². The minimum atomic E-state index is -0.273. The van der Waals surface area contributed by atoms with Crippen molar-refractivity contribution >= 4 is 12.0 Å². The van der Waals surface area contributed by atoms with Crippen LogP contribution in [0.1, 0.15) is 25.3 Å². The molecule has 1 aliphatic rings. The fraction of sp³-hybridized carbons (Fsp3) is 0.588. The molecule has 0 bridgehead atoms. The van der Waals surface area contributed by atoms with E-state index < -0.39 is 0 Å². The van der Waals surface area contributed by atoms with E-state index in [1.165, 1.54) is 0 Å². The normalized spacial score (nSPS) is 15.8. The number of pyridine rings is 1. The second kappa shape index (κ2) is 9.22. The van der Waals surface area contributed by atoms with Crippen LogP contribution >= 0.6 is 0 Å². The molecule has 24 heavy (non-hydrogen) atoms. The first-order valence-corrected chi connectivity index (χ1v) is 8.37. The number of piperidine rings is 1. The summed E-state index contributed by atoms with van der Waals surface area (Å²) in [4.78, 5) is 31.6. The van der Waals surface area contributed by atoms with Crippen LogP contribution in [-0.4, -0.2) is 66.1 Å². The van der Waals surface area contributed by atoms with Gasteiger partial charge in [-0.15, -0.1) is 0 Å². The Bertz CT molecular complexity index is 530. The molecule has 1 aliphatic heterocycles. The molecule has 1 aromatic heterocycles. The molecule has 0 atom stereocenters. The highest BCUT2D eigenvalue weighted by Gasteiger charge is 2.26. The van der Waals surface area contributed by atoms with Gasteiger partial charge >= 0.3 is 6.09 Å². The zero-order valence-corrected chi connectivity index (χ0v) is 14.4. The highest BCUT2D eigenvalue weighted by Crippen LogP contribution is 2.16. The summed E-state index contributed by atoms with van der Waals surface area (Å²) in [6.45, 7) is 4.67. The van der Waals surface area contributed by atoms with Gasteiger partial charge in [0.15, 0.2) is 0 Å². The van der Waals surface area contributed by atoms with E-state index in [-0.39, 0.29) is 18.0 Å². The van der Waals surface area contributed by atoms with E-state index in [9.17, 15) is 9.59 Å². The maximum Gasteiger partial charge on any atom is 0.409 e. The molecular formula is C17H26N4O3. The van der Waals surface area contributed by atoms with Crippen LogP contribution in [0.25, 0.3) is 0 Å². The van der Waals surface area contributed by atoms with Crippen molar-refractivity contribution in [3.05, 3.63) is 30.1 Å². The van der Waals surface area contributed by atoms with E-state index in [0.717, 1.165) is 31.5 Å². The van der Waals surface area contributed by atoms with Crippen molar-refractivity contribution < 1.29 is 14.3 Å². The average Bonchev–Trinajstić information content (AvgIpc) is 2.61. The number of likely N-dealkylation sites (tertiary alicyclic amines) is 1. The Balaban J connectivity index is 1.69. The summed E-state index contributed by atoms with van der Waals surface area (Å²) in [5.74, 6) is 0.0102. The lowest BCUT2D eigenvalue weighted by Gasteiger charge is -2.35. The molecule has 0 aliphatic carbocycles. The quantitative estimate of drug-likeness (QED) is 0.847.